The van der Waals surface area contributed by atoms with Crippen molar-refractivity contribution in [3.63, 3.8) is 0 Å². The molecule has 0 spiro atoms. The number of rotatable bonds is 7. The van der Waals surface area contributed by atoms with Crippen molar-refractivity contribution in [2.24, 2.45) is 5.73 Å². The lowest BCUT2D eigenvalue weighted by atomic mass is 10.0. The minimum Gasteiger partial charge on any atom is -0.364 e. The summed E-state index contributed by atoms with van der Waals surface area (Å²) in [6.45, 7) is 6.21. The maximum absolute atomic E-state index is 12.3. The van der Waals surface area contributed by atoms with Crippen molar-refractivity contribution in [2.45, 2.75) is 26.6 Å². The highest BCUT2D eigenvalue weighted by atomic mass is 16.2. The predicted molar refractivity (Wildman–Crippen MR) is 136 cm³/mol. The van der Waals surface area contributed by atoms with Crippen LogP contribution in [-0.2, 0) is 18.0 Å². The second-order valence-electron chi connectivity index (χ2n) is 8.98. The molecule has 0 atom stereocenters. The lowest BCUT2D eigenvalue weighted by molar-refractivity contribution is -0.132. The van der Waals surface area contributed by atoms with Crippen molar-refractivity contribution in [3.8, 4) is 11.1 Å². The number of primary amides is 1. The van der Waals surface area contributed by atoms with Crippen molar-refractivity contribution < 1.29 is 9.59 Å². The summed E-state index contributed by atoms with van der Waals surface area (Å²) in [5, 5.41) is 2.28. The Bertz CT molecular complexity index is 1360. The van der Waals surface area contributed by atoms with Crippen LogP contribution >= 0.6 is 0 Å². The highest BCUT2D eigenvalue weighted by Gasteiger charge is 2.21. The Kier molecular flexibility index (Phi) is 6.37. The highest BCUT2D eigenvalue weighted by molar-refractivity contribution is 5.99. The summed E-state index contributed by atoms with van der Waals surface area (Å²) in [7, 11) is 0. The van der Waals surface area contributed by atoms with Gasteiger partial charge in [-0.1, -0.05) is 49.4 Å². The third-order valence-electron chi connectivity index (χ3n) is 6.76. The Balaban J connectivity index is 1.37. The first kappa shape index (κ1) is 22.9. The summed E-state index contributed by atoms with van der Waals surface area (Å²) in [6.07, 6.45) is 6.19. The van der Waals surface area contributed by atoms with Crippen LogP contribution in [-0.4, -0.2) is 61.9 Å². The van der Waals surface area contributed by atoms with E-state index in [1.54, 1.807) is 0 Å². The highest BCUT2D eigenvalue weighted by Crippen LogP contribution is 2.30. The predicted octanol–water partition coefficient (Wildman–Crippen LogP) is 3.16. The van der Waals surface area contributed by atoms with Crippen molar-refractivity contribution in [3.05, 3.63) is 78.6 Å². The molecule has 1 aliphatic heterocycles. The van der Waals surface area contributed by atoms with Crippen LogP contribution < -0.4 is 5.73 Å². The molecule has 0 saturated carbocycles. The van der Waals surface area contributed by atoms with E-state index < -0.39 is 5.91 Å². The molecule has 180 valence electrons. The van der Waals surface area contributed by atoms with Crippen molar-refractivity contribution >= 4 is 22.6 Å². The normalized spacial score (nSPS) is 14.5. The number of hydrogen-bond donors (Lipinski definition) is 1. The first-order valence-corrected chi connectivity index (χ1v) is 12.0. The number of carbonyl (C=O) groups is 2. The fraction of sp³-hybridized carbons (Fsp3) is 0.296. The maximum atomic E-state index is 12.3. The summed E-state index contributed by atoms with van der Waals surface area (Å²) in [5.74, 6) is -0.249. The molecule has 35 heavy (non-hydrogen) atoms. The van der Waals surface area contributed by atoms with E-state index in [4.69, 9.17) is 5.73 Å². The summed E-state index contributed by atoms with van der Waals surface area (Å²) in [5.41, 5.74) is 9.24. The Morgan fingerprint density at radius 2 is 1.77 bits per heavy atom. The van der Waals surface area contributed by atoms with Crippen LogP contribution in [0.25, 0.3) is 21.9 Å². The van der Waals surface area contributed by atoms with Gasteiger partial charge < -0.3 is 19.8 Å². The van der Waals surface area contributed by atoms with Gasteiger partial charge in [-0.3, -0.25) is 14.5 Å². The van der Waals surface area contributed by atoms with Crippen molar-refractivity contribution in [2.75, 3.05) is 26.2 Å². The molecule has 5 rings (SSSR count). The monoisotopic (exact) mass is 470 g/mol. The number of carbonyl (C=O) groups excluding carboxylic acids is 2. The average molecular weight is 471 g/mol. The molecule has 2 N–H and O–H groups in total. The first-order valence-electron chi connectivity index (χ1n) is 12.0. The Labute approximate surface area is 204 Å². The van der Waals surface area contributed by atoms with E-state index in [-0.39, 0.29) is 5.91 Å². The summed E-state index contributed by atoms with van der Waals surface area (Å²) in [6, 6.07) is 16.3. The van der Waals surface area contributed by atoms with E-state index in [0.717, 1.165) is 53.8 Å². The van der Waals surface area contributed by atoms with Crippen LogP contribution in [0.3, 0.4) is 0 Å². The largest absolute Gasteiger partial charge is 0.364 e. The molecule has 8 heteroatoms. The molecular weight excluding hydrogens is 440 g/mol. The number of fused-ring (bicyclic) bond motifs is 1. The van der Waals surface area contributed by atoms with Crippen LogP contribution in [0.15, 0.2) is 67.3 Å². The second-order valence-corrected chi connectivity index (χ2v) is 8.98. The quantitative estimate of drug-likeness (QED) is 0.449. The van der Waals surface area contributed by atoms with E-state index in [0.29, 0.717) is 25.3 Å². The SMILES string of the molecule is CCC(=O)N1CCN(Cn2cncc2Cn2cc(-c3cccc4ccccc34)cc2C(N)=O)CC1. The molecule has 1 fully saturated rings. The molecule has 1 aliphatic rings. The van der Waals surface area contributed by atoms with Crippen LogP contribution in [0.4, 0.5) is 0 Å². The molecule has 0 bridgehead atoms. The Morgan fingerprint density at radius 3 is 2.54 bits per heavy atom. The van der Waals surface area contributed by atoms with Gasteiger partial charge in [0.1, 0.15) is 5.69 Å². The van der Waals surface area contributed by atoms with Gasteiger partial charge in [-0.15, -0.1) is 0 Å². The van der Waals surface area contributed by atoms with Gasteiger partial charge in [-0.25, -0.2) is 4.98 Å². The lowest BCUT2D eigenvalue weighted by Crippen LogP contribution is -2.48. The second kappa shape index (κ2) is 9.76. The number of benzene rings is 2. The molecule has 2 aromatic heterocycles. The molecule has 3 heterocycles. The van der Waals surface area contributed by atoms with Gasteiger partial charge in [0.05, 0.1) is 25.2 Å². The summed E-state index contributed by atoms with van der Waals surface area (Å²) < 4.78 is 4.00. The van der Waals surface area contributed by atoms with Gasteiger partial charge >= 0.3 is 0 Å². The maximum Gasteiger partial charge on any atom is 0.265 e. The number of piperazine rings is 1. The van der Waals surface area contributed by atoms with Gasteiger partial charge in [0.25, 0.3) is 5.91 Å². The molecule has 1 saturated heterocycles. The fourth-order valence-electron chi connectivity index (χ4n) is 4.83. The van der Waals surface area contributed by atoms with Gasteiger partial charge in [0.2, 0.25) is 5.91 Å². The van der Waals surface area contributed by atoms with E-state index in [2.05, 4.69) is 38.7 Å². The molecule has 2 amide bonds. The minimum atomic E-state index is -0.459. The topological polar surface area (TPSA) is 89.4 Å². The molecule has 8 nitrogen and oxygen atoms in total. The number of aromatic nitrogens is 3. The minimum absolute atomic E-state index is 0.210. The molecule has 0 unspecified atom stereocenters. The van der Waals surface area contributed by atoms with Crippen molar-refractivity contribution in [1.29, 1.82) is 0 Å². The van der Waals surface area contributed by atoms with Crippen LogP contribution in [0.5, 0.6) is 0 Å². The van der Waals surface area contributed by atoms with Crippen molar-refractivity contribution in [1.82, 2.24) is 23.9 Å². The lowest BCUT2D eigenvalue weighted by Gasteiger charge is -2.35. The van der Waals surface area contributed by atoms with Gasteiger partial charge in [0.15, 0.2) is 0 Å². The number of amides is 2. The van der Waals surface area contributed by atoms with Crippen LogP contribution in [0.2, 0.25) is 0 Å². The molecule has 2 aromatic carbocycles. The Hall–Kier alpha value is -3.91. The molecule has 0 aliphatic carbocycles. The first-order chi connectivity index (χ1) is 17.0. The Morgan fingerprint density at radius 1 is 1.00 bits per heavy atom. The number of nitrogens with two attached hydrogens (primary N) is 1. The van der Waals surface area contributed by atoms with E-state index in [1.165, 1.54) is 0 Å². The van der Waals surface area contributed by atoms with E-state index >= 15 is 0 Å². The zero-order valence-electron chi connectivity index (χ0n) is 19.9. The van der Waals surface area contributed by atoms with Crippen LogP contribution in [0, 0.1) is 0 Å². The number of hydrogen-bond acceptors (Lipinski definition) is 4. The standard InChI is InChI=1S/C27H30N6O2/c1-2-26(34)31-12-10-30(11-13-31)19-33-18-29-15-22(33)17-32-16-21(14-25(32)27(28)35)24-9-5-7-20-6-3-4-8-23(20)24/h3-9,14-16,18H,2,10-13,17,19H2,1H3,(H2,28,35). The third-order valence-corrected chi connectivity index (χ3v) is 6.76. The summed E-state index contributed by atoms with van der Waals surface area (Å²) >= 11 is 0. The molecule has 0 radical (unpaired) electrons. The molecular formula is C27H30N6O2. The third kappa shape index (κ3) is 4.70. The molecule has 4 aromatic rings. The fourth-order valence-corrected chi connectivity index (χ4v) is 4.83. The zero-order chi connectivity index (χ0) is 24.4. The van der Waals surface area contributed by atoms with Gasteiger partial charge in [-0.05, 0) is 22.4 Å². The summed E-state index contributed by atoms with van der Waals surface area (Å²) in [4.78, 5) is 32.9. The average Bonchev–Trinajstić information content (AvgIpc) is 3.51. The van der Waals surface area contributed by atoms with E-state index in [1.807, 2.05) is 59.4 Å². The van der Waals surface area contributed by atoms with Gasteiger partial charge in [0, 0.05) is 50.6 Å². The van der Waals surface area contributed by atoms with E-state index in [9.17, 15) is 9.59 Å². The van der Waals surface area contributed by atoms with Gasteiger partial charge in [-0.2, -0.15) is 0 Å². The zero-order valence-corrected chi connectivity index (χ0v) is 19.9. The smallest absolute Gasteiger partial charge is 0.265 e. The number of imidazole rings is 1. The van der Waals surface area contributed by atoms with Crippen LogP contribution in [0.1, 0.15) is 29.5 Å². The number of nitrogens with zero attached hydrogens (tertiary/aromatic N) is 5.